The van der Waals surface area contributed by atoms with Gasteiger partial charge in [-0.1, -0.05) is 14.9 Å². The minimum atomic E-state index is -3.79. The number of ether oxygens (including phenoxy) is 6. The van der Waals surface area contributed by atoms with Gasteiger partial charge in [-0.05, 0) is 54.4 Å². The molecule has 9 atom stereocenters. The molecule has 83 heavy (non-hydrogen) atoms. The second-order valence-corrected chi connectivity index (χ2v) is 24.2. The van der Waals surface area contributed by atoms with Gasteiger partial charge in [0, 0.05) is 49.8 Å². The smallest absolute Gasteiger partial charge is 0.331 e. The molecule has 2 fully saturated rings. The number of aliphatic hydroxyl groups is 1. The number of aryl methyl sites for hydroxylation is 2. The fourth-order valence-electron chi connectivity index (χ4n) is 8.11. The molecule has 4 rings (SSSR count). The Morgan fingerprint density at radius 1 is 0.602 bits per heavy atom. The van der Waals surface area contributed by atoms with E-state index in [1.165, 1.54) is 38.1 Å². The third-order valence-electron chi connectivity index (χ3n) is 11.8. The van der Waals surface area contributed by atoms with Crippen molar-refractivity contribution in [3.8, 4) is 0 Å². The van der Waals surface area contributed by atoms with Crippen LogP contribution in [0.25, 0.3) is 24.2 Å². The van der Waals surface area contributed by atoms with Gasteiger partial charge < -0.3 is 84.9 Å². The summed E-state index contributed by atoms with van der Waals surface area (Å²) in [5, 5.41) is 10.9. The lowest BCUT2D eigenvalue weighted by molar-refractivity contribution is -0.0798. The van der Waals surface area contributed by atoms with E-state index < -0.39 is 95.3 Å². The highest BCUT2D eigenvalue weighted by Gasteiger charge is 2.51. The van der Waals surface area contributed by atoms with E-state index in [1.54, 1.807) is 6.92 Å². The average molecular weight is 1230 g/mol. The van der Waals surface area contributed by atoms with Crippen molar-refractivity contribution in [1.82, 2.24) is 23.8 Å². The van der Waals surface area contributed by atoms with Crippen LogP contribution in [-0.2, 0) is 64.7 Å². The van der Waals surface area contributed by atoms with E-state index in [-0.39, 0.29) is 155 Å². The zero-order valence-electron chi connectivity index (χ0n) is 46.9. The molecule has 466 valence electrons. The number of nitrogens with zero attached hydrogens (tertiary/aromatic N) is 8. The Hall–Kier alpha value is -4.86. The van der Waals surface area contributed by atoms with Gasteiger partial charge >= 0.3 is 26.6 Å². The van der Waals surface area contributed by atoms with Gasteiger partial charge in [0.25, 0.3) is 19.6 Å². The Bertz CT molecular complexity index is 2760. The molecule has 0 saturated carbocycles. The zero-order chi connectivity index (χ0) is 60.1. The number of hydrogen-bond acceptors (Lipinski definition) is 20. The van der Waals surface area contributed by atoms with E-state index in [0.29, 0.717) is 0 Å². The maximum absolute atomic E-state index is 13.7. The number of nitrogens with one attached hydrogen (secondary N) is 2. The van der Waals surface area contributed by atoms with Crippen LogP contribution in [-0.4, -0.2) is 196 Å². The summed E-state index contributed by atoms with van der Waals surface area (Å²) in [5.41, 5.74) is -2.00. The van der Waals surface area contributed by atoms with Crippen molar-refractivity contribution in [2.45, 2.75) is 130 Å². The van der Waals surface area contributed by atoms with Gasteiger partial charge in [0.1, 0.15) is 57.5 Å². The molecule has 2 aliphatic rings. The van der Waals surface area contributed by atoms with Crippen LogP contribution in [0.3, 0.4) is 0 Å². The molecule has 2 aromatic rings. The van der Waals surface area contributed by atoms with E-state index in [9.17, 15) is 33.4 Å². The predicted octanol–water partition coefficient (Wildman–Crippen LogP) is 5.76. The topological polar surface area (TPSA) is 300 Å². The predicted molar refractivity (Wildman–Crippen MR) is 308 cm³/mol. The Kier molecular flexibility index (Phi) is 36.4. The highest BCUT2D eigenvalue weighted by molar-refractivity contribution is 7.54. The van der Waals surface area contributed by atoms with Gasteiger partial charge in [-0.15, -0.1) is 0 Å². The summed E-state index contributed by atoms with van der Waals surface area (Å²) in [6.45, 7) is 46.4. The summed E-state index contributed by atoms with van der Waals surface area (Å²) < 4.78 is 100. The maximum Gasteiger partial charge on any atom is 0.331 e. The molecule has 1 unspecified atom stereocenters. The van der Waals surface area contributed by atoms with Gasteiger partial charge in [-0.3, -0.25) is 37.8 Å². The molecule has 3 N–H and O–H groups in total. The number of rotatable bonds is 36. The van der Waals surface area contributed by atoms with E-state index in [2.05, 4.69) is 34.2 Å². The van der Waals surface area contributed by atoms with Crippen molar-refractivity contribution in [3.05, 3.63) is 122 Å². The van der Waals surface area contributed by atoms with Crippen molar-refractivity contribution >= 4 is 23.7 Å². The Morgan fingerprint density at radius 3 is 1.37 bits per heavy atom. The fraction of sp³-hybridized carbons (Fsp3) is 0.745. The molecule has 0 amide bonds. The van der Waals surface area contributed by atoms with Crippen LogP contribution >= 0.6 is 23.7 Å². The quantitative estimate of drug-likeness (QED) is 0.0415. The fourth-order valence-corrected chi connectivity index (χ4v) is 13.1. The van der Waals surface area contributed by atoms with Crippen molar-refractivity contribution in [2.24, 2.45) is 0 Å². The number of H-pyrrole nitrogens is 2. The first kappa shape index (κ1) is 76.2. The number of aliphatic hydroxyl groups excluding tert-OH is 1. The summed E-state index contributed by atoms with van der Waals surface area (Å²) in [4.78, 5) is 70.1. The normalized spacial score (nSPS) is 20.7. The molecule has 2 aromatic heterocycles. The highest BCUT2D eigenvalue weighted by atomic mass is 31.2. The third-order valence-corrected chi connectivity index (χ3v) is 17.9. The van der Waals surface area contributed by atoms with Crippen LogP contribution in [0.15, 0.2) is 31.6 Å². The van der Waals surface area contributed by atoms with E-state index in [4.69, 9.17) is 88.4 Å². The lowest BCUT2D eigenvalue weighted by Crippen LogP contribution is -2.42. The first-order valence-corrected chi connectivity index (χ1v) is 30.4. The molecule has 2 aliphatic heterocycles. The lowest BCUT2D eigenvalue weighted by atomic mass is 10.1. The summed E-state index contributed by atoms with van der Waals surface area (Å²) in [6, 6.07) is -0.0373. The first-order chi connectivity index (χ1) is 38.7. The monoisotopic (exact) mass is 1230 g/mol. The standard InChI is InChI=1S/C29H46N6O10P2.C20H29N4O9P.2CH4/c1-21(2)35(22(3)4)46(41-14-11-30-6)45-25-24(10-19-47(38,42-15-12-31-7)43-16-13-32-8)44-28(26(25)40-18-17-39-9)34-20-23(5)27(36)33-29(34)37;1-14-13-24(20(27)23-18(14)26)19-17(30-11-10-29-4)16(25)15(33-19)5-12-34(28,31-8-6-21-2)32-9-7-22-3;;/h20-22,24-26,28H,10-19H2,1-5,9H3,(H,33,36,37);13,15-17,19,25H,5-12H2,1,4H3,(H,23,26,27);2*1H4/t24-,25-,26-,28-,46?;15-,16-,17-,19-;;/m11../s1. The largest absolute Gasteiger partial charge is 0.388 e. The van der Waals surface area contributed by atoms with E-state index in [1.807, 2.05) is 32.4 Å². The van der Waals surface area contributed by atoms with E-state index in [0.717, 1.165) is 4.57 Å². The molecule has 29 nitrogen and oxygen atoms in total. The maximum atomic E-state index is 13.7. The number of hydrogen-bond donors (Lipinski definition) is 3. The third kappa shape index (κ3) is 24.2. The first-order valence-electron chi connectivity index (χ1n) is 25.8. The minimum Gasteiger partial charge on any atom is -0.388 e. The van der Waals surface area contributed by atoms with Crippen LogP contribution in [0, 0.1) is 46.7 Å². The molecular weight excluding hydrogens is 1150 g/mol. The van der Waals surface area contributed by atoms with Crippen LogP contribution in [0.2, 0.25) is 0 Å². The van der Waals surface area contributed by atoms with Crippen LogP contribution in [0.1, 0.15) is 79.0 Å². The molecule has 0 aromatic carbocycles. The van der Waals surface area contributed by atoms with Crippen molar-refractivity contribution in [1.29, 1.82) is 0 Å². The van der Waals surface area contributed by atoms with Crippen molar-refractivity contribution in [2.75, 3.05) is 119 Å². The average Bonchev–Trinajstić information content (AvgIpc) is 3.87. The van der Waals surface area contributed by atoms with E-state index >= 15 is 0 Å². The Balaban J connectivity index is 0.000000850. The molecule has 0 bridgehead atoms. The van der Waals surface area contributed by atoms with Crippen LogP contribution in [0.5, 0.6) is 0 Å². The molecular formula is C51H83N10O19P3. The summed E-state index contributed by atoms with van der Waals surface area (Å²) in [5.74, 6) is 0. The van der Waals surface area contributed by atoms with Gasteiger partial charge in [-0.25, -0.2) is 47.1 Å². The van der Waals surface area contributed by atoms with Crippen molar-refractivity contribution in [3.63, 3.8) is 0 Å². The lowest BCUT2D eigenvalue weighted by Gasteiger charge is -2.38. The van der Waals surface area contributed by atoms with Gasteiger partial charge in [-0.2, -0.15) is 0 Å². The molecule has 0 radical (unpaired) electrons. The Labute approximate surface area is 487 Å². The zero-order valence-corrected chi connectivity index (χ0v) is 49.6. The highest BCUT2D eigenvalue weighted by Crippen LogP contribution is 2.54. The number of methoxy groups -OCH3 is 2. The van der Waals surface area contributed by atoms with Gasteiger partial charge in [0.2, 0.25) is 32.7 Å². The molecule has 0 spiro atoms. The van der Waals surface area contributed by atoms with Crippen LogP contribution < -0.4 is 22.5 Å². The Morgan fingerprint density at radius 2 is 0.976 bits per heavy atom. The molecule has 0 aliphatic carbocycles. The molecule has 2 saturated heterocycles. The second-order valence-electron chi connectivity index (χ2n) is 18.4. The molecule has 4 heterocycles. The number of aromatic amines is 2. The van der Waals surface area contributed by atoms with Gasteiger partial charge in [0.15, 0.2) is 12.5 Å². The second kappa shape index (κ2) is 39.7. The summed E-state index contributed by atoms with van der Waals surface area (Å²) in [6.07, 6.45) is -5.47. The van der Waals surface area contributed by atoms with Crippen LogP contribution in [0.4, 0.5) is 0 Å². The summed E-state index contributed by atoms with van der Waals surface area (Å²) >= 11 is 0. The van der Waals surface area contributed by atoms with Crippen molar-refractivity contribution < 1.29 is 69.8 Å². The number of aromatic nitrogens is 4. The molecule has 32 heteroatoms. The SMILES string of the molecule is C.C.[C-]#[N+]CCOP(=O)(CC[C@H]1O[C@@H](n2cc(C)c(=O)[nH]c2=O)[C@H](OCCOC)[C@@H]1O)OCC[N+]#[C-].[C-]#[N+]CCOP(O[C@H]1[C@@H](OCCOC)[C@H](n2cc(C)c(=O)[nH]c2=O)O[C@@H]1CCP(=O)(OCC[N+]#[C-])OCC[N+]#[C-])N(C(C)C)C(C)C. The minimum absolute atomic E-state index is 0. The van der Waals surface area contributed by atoms with Gasteiger partial charge in [0.05, 0.1) is 51.0 Å². The summed E-state index contributed by atoms with van der Waals surface area (Å²) in [7, 11) is -6.27.